The van der Waals surface area contributed by atoms with Crippen LogP contribution in [-0.4, -0.2) is 35.2 Å². The third-order valence-electron chi connectivity index (χ3n) is 3.86. The number of hydrogen-bond acceptors (Lipinski definition) is 3. The molecule has 0 atom stereocenters. The van der Waals surface area contributed by atoms with Crippen LogP contribution in [0.5, 0.6) is 0 Å². The van der Waals surface area contributed by atoms with Gasteiger partial charge in [0, 0.05) is 5.57 Å². The lowest BCUT2D eigenvalue weighted by atomic mass is 9.90. The van der Waals surface area contributed by atoms with E-state index in [1.54, 1.807) is 6.92 Å². The summed E-state index contributed by atoms with van der Waals surface area (Å²) in [6.45, 7) is 14.5. The summed E-state index contributed by atoms with van der Waals surface area (Å²) in [5, 5.41) is 9.57. The fourth-order valence-corrected chi connectivity index (χ4v) is 2.29. The van der Waals surface area contributed by atoms with E-state index in [0.29, 0.717) is 0 Å². The molecule has 1 amide bonds. The van der Waals surface area contributed by atoms with Crippen LogP contribution >= 0.6 is 0 Å². The standard InChI is InChI=1S/C19H25NO4/c1-13(2)15-8-7-9-16(12-15)19(5,6)20(18(22)23)10-11-24-17(21)14(3)4/h7-9,12H,1,3,10-11H2,2,4-6H3,(H,22,23). The Kier molecular flexibility index (Phi) is 6.35. The second kappa shape index (κ2) is 7.81. The molecule has 5 nitrogen and oxygen atoms in total. The molecule has 1 aromatic rings. The van der Waals surface area contributed by atoms with Crippen molar-refractivity contribution in [3.05, 3.63) is 54.1 Å². The van der Waals surface area contributed by atoms with Crippen molar-refractivity contribution in [1.29, 1.82) is 0 Å². The van der Waals surface area contributed by atoms with Crippen LogP contribution in [0.3, 0.4) is 0 Å². The molecule has 0 fully saturated rings. The lowest BCUT2D eigenvalue weighted by Crippen LogP contribution is -2.46. The molecule has 0 unspecified atom stereocenters. The van der Waals surface area contributed by atoms with Crippen molar-refractivity contribution in [3.63, 3.8) is 0 Å². The molecule has 0 heterocycles. The number of benzene rings is 1. The largest absolute Gasteiger partial charge is 0.465 e. The molecule has 0 aliphatic carbocycles. The lowest BCUT2D eigenvalue weighted by molar-refractivity contribution is -0.139. The molecule has 5 heteroatoms. The quantitative estimate of drug-likeness (QED) is 0.604. The van der Waals surface area contributed by atoms with Crippen LogP contribution < -0.4 is 0 Å². The molecule has 0 radical (unpaired) electrons. The molecule has 0 saturated heterocycles. The fraction of sp³-hybridized carbons (Fsp3) is 0.368. The maximum atomic E-state index is 11.7. The smallest absolute Gasteiger partial charge is 0.408 e. The first-order valence-corrected chi connectivity index (χ1v) is 7.67. The molecule has 0 aromatic heterocycles. The van der Waals surface area contributed by atoms with Crippen molar-refractivity contribution < 1.29 is 19.4 Å². The van der Waals surface area contributed by atoms with Gasteiger partial charge in [-0.3, -0.25) is 4.90 Å². The third-order valence-corrected chi connectivity index (χ3v) is 3.86. The van der Waals surface area contributed by atoms with Gasteiger partial charge in [-0.2, -0.15) is 0 Å². The van der Waals surface area contributed by atoms with Crippen molar-refractivity contribution in [2.24, 2.45) is 0 Å². The van der Waals surface area contributed by atoms with Crippen LogP contribution in [0.4, 0.5) is 4.79 Å². The van der Waals surface area contributed by atoms with Crippen LogP contribution in [0.2, 0.25) is 0 Å². The van der Waals surface area contributed by atoms with Crippen LogP contribution in [0.1, 0.15) is 38.8 Å². The number of carboxylic acid groups (broad SMARTS) is 1. The van der Waals surface area contributed by atoms with Crippen LogP contribution in [-0.2, 0) is 15.1 Å². The highest BCUT2D eigenvalue weighted by Crippen LogP contribution is 2.29. The summed E-state index contributed by atoms with van der Waals surface area (Å²) < 4.78 is 5.02. The highest BCUT2D eigenvalue weighted by molar-refractivity contribution is 5.86. The molecule has 0 saturated carbocycles. The van der Waals surface area contributed by atoms with Crippen LogP contribution in [0, 0.1) is 0 Å². The Hall–Kier alpha value is -2.56. The normalized spacial score (nSPS) is 10.8. The van der Waals surface area contributed by atoms with Gasteiger partial charge in [-0.1, -0.05) is 36.9 Å². The Morgan fingerprint density at radius 1 is 1.25 bits per heavy atom. The third kappa shape index (κ3) is 4.72. The van der Waals surface area contributed by atoms with Gasteiger partial charge in [-0.15, -0.1) is 0 Å². The summed E-state index contributed by atoms with van der Waals surface area (Å²) in [7, 11) is 0. The average molecular weight is 331 g/mol. The van der Waals surface area contributed by atoms with Gasteiger partial charge in [0.25, 0.3) is 0 Å². The van der Waals surface area contributed by atoms with E-state index in [1.807, 2.05) is 45.0 Å². The SMILES string of the molecule is C=C(C)C(=O)OCCN(C(=O)O)C(C)(C)c1cccc(C(=C)C)c1. The Morgan fingerprint density at radius 3 is 2.38 bits per heavy atom. The van der Waals surface area contributed by atoms with Gasteiger partial charge in [-0.05, 0) is 44.9 Å². The molecule has 0 spiro atoms. The van der Waals surface area contributed by atoms with Crippen molar-refractivity contribution in [2.75, 3.05) is 13.2 Å². The van der Waals surface area contributed by atoms with E-state index in [9.17, 15) is 14.7 Å². The van der Waals surface area contributed by atoms with E-state index in [4.69, 9.17) is 4.74 Å². The maximum Gasteiger partial charge on any atom is 0.408 e. The van der Waals surface area contributed by atoms with Crippen LogP contribution in [0.25, 0.3) is 5.57 Å². The van der Waals surface area contributed by atoms with E-state index in [2.05, 4.69) is 13.2 Å². The van der Waals surface area contributed by atoms with Crippen molar-refractivity contribution >= 4 is 17.6 Å². The number of amides is 1. The molecule has 0 bridgehead atoms. The Morgan fingerprint density at radius 2 is 1.88 bits per heavy atom. The Balaban J connectivity index is 2.99. The van der Waals surface area contributed by atoms with Gasteiger partial charge >= 0.3 is 12.1 Å². The Bertz CT molecular complexity index is 661. The lowest BCUT2D eigenvalue weighted by Gasteiger charge is -2.37. The van der Waals surface area contributed by atoms with Gasteiger partial charge in [0.1, 0.15) is 6.61 Å². The van der Waals surface area contributed by atoms with E-state index >= 15 is 0 Å². The molecule has 1 N–H and O–H groups in total. The van der Waals surface area contributed by atoms with Gasteiger partial charge < -0.3 is 9.84 Å². The predicted molar refractivity (Wildman–Crippen MR) is 94.7 cm³/mol. The minimum absolute atomic E-state index is 0.0262. The van der Waals surface area contributed by atoms with E-state index in [1.165, 1.54) is 4.90 Å². The highest BCUT2D eigenvalue weighted by Gasteiger charge is 2.32. The number of rotatable bonds is 7. The Labute approximate surface area is 143 Å². The number of esters is 1. The summed E-state index contributed by atoms with van der Waals surface area (Å²) in [4.78, 5) is 24.4. The van der Waals surface area contributed by atoms with Crippen molar-refractivity contribution in [2.45, 2.75) is 33.2 Å². The number of carbonyl (C=O) groups is 2. The van der Waals surface area contributed by atoms with E-state index in [0.717, 1.165) is 16.7 Å². The molecule has 1 aromatic carbocycles. The monoisotopic (exact) mass is 331 g/mol. The van der Waals surface area contributed by atoms with Crippen LogP contribution in [0.15, 0.2) is 43.0 Å². The summed E-state index contributed by atoms with van der Waals surface area (Å²) in [6.07, 6.45) is -1.08. The number of nitrogens with zero attached hydrogens (tertiary/aromatic N) is 1. The van der Waals surface area contributed by atoms with Gasteiger partial charge in [0.15, 0.2) is 0 Å². The first kappa shape index (κ1) is 19.5. The number of allylic oxidation sites excluding steroid dienone is 1. The zero-order valence-corrected chi connectivity index (χ0v) is 14.8. The molecule has 24 heavy (non-hydrogen) atoms. The van der Waals surface area contributed by atoms with Crippen molar-refractivity contribution in [3.8, 4) is 0 Å². The van der Waals surface area contributed by atoms with Gasteiger partial charge in [-0.25, -0.2) is 9.59 Å². The zero-order chi connectivity index (χ0) is 18.5. The van der Waals surface area contributed by atoms with E-state index in [-0.39, 0.29) is 18.7 Å². The maximum absolute atomic E-state index is 11.7. The second-order valence-corrected chi connectivity index (χ2v) is 6.27. The molecule has 130 valence electrons. The average Bonchev–Trinajstić information content (AvgIpc) is 2.50. The first-order valence-electron chi connectivity index (χ1n) is 7.67. The van der Waals surface area contributed by atoms with E-state index < -0.39 is 17.6 Å². The highest BCUT2D eigenvalue weighted by atomic mass is 16.5. The molecule has 0 aliphatic heterocycles. The summed E-state index contributed by atoms with van der Waals surface area (Å²) in [5.41, 5.74) is 2.21. The number of hydrogen-bond donors (Lipinski definition) is 1. The molecule has 1 rings (SSSR count). The number of carbonyl (C=O) groups excluding carboxylic acids is 1. The summed E-state index contributed by atoms with van der Waals surface area (Å²) in [5.74, 6) is -0.526. The topological polar surface area (TPSA) is 66.8 Å². The fourth-order valence-electron chi connectivity index (χ4n) is 2.29. The van der Waals surface area contributed by atoms with Crippen molar-refractivity contribution in [1.82, 2.24) is 4.90 Å². The minimum Gasteiger partial charge on any atom is -0.465 e. The summed E-state index contributed by atoms with van der Waals surface area (Å²) in [6, 6.07) is 7.62. The van der Waals surface area contributed by atoms with Gasteiger partial charge in [0.05, 0.1) is 12.1 Å². The molecule has 0 aliphatic rings. The second-order valence-electron chi connectivity index (χ2n) is 6.27. The molecular weight excluding hydrogens is 306 g/mol. The van der Waals surface area contributed by atoms with Gasteiger partial charge in [0.2, 0.25) is 0 Å². The predicted octanol–water partition coefficient (Wildman–Crippen LogP) is 4.05. The first-order chi connectivity index (χ1) is 11.1. The zero-order valence-electron chi connectivity index (χ0n) is 14.8. The summed E-state index contributed by atoms with van der Waals surface area (Å²) >= 11 is 0. The minimum atomic E-state index is -1.08. The molecular formula is C19H25NO4. The number of ether oxygens (including phenoxy) is 1.